The average Bonchev–Trinajstić information content (AvgIpc) is 2.51. The lowest BCUT2D eigenvalue weighted by Gasteiger charge is -2.15. The van der Waals surface area contributed by atoms with Crippen LogP contribution in [-0.4, -0.2) is 26.9 Å². The van der Waals surface area contributed by atoms with Gasteiger partial charge < -0.3 is 5.32 Å². The molecule has 0 aliphatic carbocycles. The molecule has 6 heteroatoms. The average molecular weight is 334 g/mol. The van der Waals surface area contributed by atoms with Crippen LogP contribution in [0.1, 0.15) is 20.8 Å². The van der Waals surface area contributed by atoms with Gasteiger partial charge in [-0.1, -0.05) is 44.2 Å². The van der Waals surface area contributed by atoms with Crippen molar-refractivity contribution < 1.29 is 13.2 Å². The zero-order chi connectivity index (χ0) is 17.0. The molecule has 0 fully saturated rings. The number of benzene rings is 2. The molecule has 0 saturated carbocycles. The summed E-state index contributed by atoms with van der Waals surface area (Å²) in [6, 6.07) is 11.6. The molecule has 2 aromatic carbocycles. The predicted molar refractivity (Wildman–Crippen MR) is 91.6 cm³/mol. The fourth-order valence-corrected chi connectivity index (χ4v) is 3.38. The minimum atomic E-state index is -3.75. The fraction of sp³-hybridized carbons (Fsp3) is 0.353. The minimum absolute atomic E-state index is 0.153. The summed E-state index contributed by atoms with van der Waals surface area (Å²) in [5, 5.41) is 4.53. The van der Waals surface area contributed by atoms with Crippen molar-refractivity contribution in [2.45, 2.75) is 31.7 Å². The highest BCUT2D eigenvalue weighted by Gasteiger charge is 2.22. The van der Waals surface area contributed by atoms with E-state index in [9.17, 15) is 13.2 Å². The Kier molecular flexibility index (Phi) is 5.38. The van der Waals surface area contributed by atoms with Crippen molar-refractivity contribution in [2.75, 3.05) is 6.54 Å². The Morgan fingerprint density at radius 3 is 2.35 bits per heavy atom. The molecule has 23 heavy (non-hydrogen) atoms. The van der Waals surface area contributed by atoms with Crippen LogP contribution in [0.4, 0.5) is 0 Å². The molecule has 0 radical (unpaired) electrons. The van der Waals surface area contributed by atoms with E-state index in [1.54, 1.807) is 18.2 Å². The monoisotopic (exact) mass is 334 g/mol. The van der Waals surface area contributed by atoms with Gasteiger partial charge in [0.25, 0.3) is 0 Å². The summed E-state index contributed by atoms with van der Waals surface area (Å²) in [6.45, 7) is 6.00. The van der Waals surface area contributed by atoms with Gasteiger partial charge in [0.05, 0.1) is 10.9 Å². The van der Waals surface area contributed by atoms with Crippen molar-refractivity contribution in [3.05, 3.63) is 42.5 Å². The molecule has 0 heterocycles. The van der Waals surface area contributed by atoms with Crippen LogP contribution in [-0.2, 0) is 14.8 Å². The zero-order valence-electron chi connectivity index (χ0n) is 13.5. The number of carbonyl (C=O) groups is 1. The number of hydrogen-bond acceptors (Lipinski definition) is 3. The number of rotatable bonds is 6. The van der Waals surface area contributed by atoms with Gasteiger partial charge in [0.15, 0.2) is 0 Å². The Morgan fingerprint density at radius 1 is 1.04 bits per heavy atom. The van der Waals surface area contributed by atoms with Crippen molar-refractivity contribution in [1.82, 2.24) is 10.0 Å². The first-order valence-electron chi connectivity index (χ1n) is 7.58. The molecular formula is C17H22N2O3S. The molecule has 0 aromatic heterocycles. The molecule has 2 rings (SSSR count). The molecule has 0 spiro atoms. The Labute approximate surface area is 137 Å². The van der Waals surface area contributed by atoms with Gasteiger partial charge in [-0.15, -0.1) is 0 Å². The van der Waals surface area contributed by atoms with E-state index in [1.165, 1.54) is 6.92 Å². The summed E-state index contributed by atoms with van der Waals surface area (Å²) < 4.78 is 27.3. The molecule has 1 atom stereocenters. The summed E-state index contributed by atoms with van der Waals surface area (Å²) >= 11 is 0. The molecule has 0 bridgehead atoms. The summed E-state index contributed by atoms with van der Waals surface area (Å²) in [5.74, 6) is -0.0219. The summed E-state index contributed by atoms with van der Waals surface area (Å²) in [7, 11) is -3.75. The van der Waals surface area contributed by atoms with Gasteiger partial charge >= 0.3 is 0 Å². The number of fused-ring (bicyclic) bond motifs is 1. The van der Waals surface area contributed by atoms with Crippen molar-refractivity contribution in [2.24, 2.45) is 5.92 Å². The molecule has 0 aliphatic heterocycles. The SMILES string of the molecule is CC(C)CNC(=O)[C@@H](C)NS(=O)(=O)c1ccc2ccccc2c1. The summed E-state index contributed by atoms with van der Waals surface area (Å²) in [4.78, 5) is 12.1. The second-order valence-corrected chi connectivity index (χ2v) is 7.70. The highest BCUT2D eigenvalue weighted by Crippen LogP contribution is 2.19. The number of nitrogens with one attached hydrogen (secondary N) is 2. The quantitative estimate of drug-likeness (QED) is 0.851. The van der Waals surface area contributed by atoms with Crippen LogP contribution in [0.3, 0.4) is 0 Å². The molecule has 2 N–H and O–H groups in total. The maximum Gasteiger partial charge on any atom is 0.241 e. The smallest absolute Gasteiger partial charge is 0.241 e. The van der Waals surface area contributed by atoms with Crippen molar-refractivity contribution in [3.8, 4) is 0 Å². The molecule has 0 aliphatic rings. The lowest BCUT2D eigenvalue weighted by molar-refractivity contribution is -0.122. The normalized spacial score (nSPS) is 13.2. The first-order valence-corrected chi connectivity index (χ1v) is 9.07. The first kappa shape index (κ1) is 17.4. The number of amides is 1. The number of carbonyl (C=O) groups excluding carboxylic acids is 1. The summed E-state index contributed by atoms with van der Waals surface area (Å²) in [5.41, 5.74) is 0. The molecular weight excluding hydrogens is 312 g/mol. The first-order chi connectivity index (χ1) is 10.8. The van der Waals surface area contributed by atoms with Gasteiger partial charge in [-0.3, -0.25) is 4.79 Å². The van der Waals surface area contributed by atoms with E-state index >= 15 is 0 Å². The molecule has 1 amide bonds. The zero-order valence-corrected chi connectivity index (χ0v) is 14.4. The van der Waals surface area contributed by atoms with Crippen LogP contribution in [0.2, 0.25) is 0 Å². The highest BCUT2D eigenvalue weighted by atomic mass is 32.2. The van der Waals surface area contributed by atoms with Crippen LogP contribution in [0.5, 0.6) is 0 Å². The predicted octanol–water partition coefficient (Wildman–Crippen LogP) is 2.28. The molecule has 5 nitrogen and oxygen atoms in total. The van der Waals surface area contributed by atoms with Crippen molar-refractivity contribution in [3.63, 3.8) is 0 Å². The van der Waals surface area contributed by atoms with E-state index < -0.39 is 16.1 Å². The summed E-state index contributed by atoms with van der Waals surface area (Å²) in [6.07, 6.45) is 0. The largest absolute Gasteiger partial charge is 0.354 e. The van der Waals surface area contributed by atoms with E-state index in [2.05, 4.69) is 10.0 Å². The van der Waals surface area contributed by atoms with Crippen LogP contribution >= 0.6 is 0 Å². The van der Waals surface area contributed by atoms with Gasteiger partial charge in [0.1, 0.15) is 0 Å². The highest BCUT2D eigenvalue weighted by molar-refractivity contribution is 7.89. The standard InChI is InChI=1S/C17H22N2O3S/c1-12(2)11-18-17(20)13(3)19-23(21,22)16-9-8-14-6-4-5-7-15(14)10-16/h4-10,12-13,19H,11H2,1-3H3,(H,18,20)/t13-/m1/s1. The van der Waals surface area contributed by atoms with Crippen LogP contribution < -0.4 is 10.0 Å². The van der Waals surface area contributed by atoms with Crippen LogP contribution in [0.15, 0.2) is 47.4 Å². The third-order valence-corrected chi connectivity index (χ3v) is 4.98. The van der Waals surface area contributed by atoms with Gasteiger partial charge in [0, 0.05) is 6.54 Å². The molecule has 0 unspecified atom stereocenters. The fourth-order valence-electron chi connectivity index (χ4n) is 2.15. The maximum absolute atomic E-state index is 12.4. The Balaban J connectivity index is 2.15. The van der Waals surface area contributed by atoms with E-state index in [-0.39, 0.29) is 10.8 Å². The van der Waals surface area contributed by atoms with E-state index in [0.717, 1.165) is 10.8 Å². The van der Waals surface area contributed by atoms with Crippen molar-refractivity contribution in [1.29, 1.82) is 0 Å². The third-order valence-electron chi connectivity index (χ3n) is 3.44. The lowest BCUT2D eigenvalue weighted by atomic mass is 10.1. The topological polar surface area (TPSA) is 75.3 Å². The van der Waals surface area contributed by atoms with Crippen LogP contribution in [0, 0.1) is 5.92 Å². The molecule has 0 saturated heterocycles. The lowest BCUT2D eigenvalue weighted by Crippen LogP contribution is -2.45. The van der Waals surface area contributed by atoms with E-state index in [4.69, 9.17) is 0 Å². The second-order valence-electron chi connectivity index (χ2n) is 5.99. The maximum atomic E-state index is 12.4. The van der Waals surface area contributed by atoms with Gasteiger partial charge in [-0.2, -0.15) is 4.72 Å². The van der Waals surface area contributed by atoms with E-state index in [0.29, 0.717) is 12.5 Å². The Morgan fingerprint density at radius 2 is 1.70 bits per heavy atom. The number of sulfonamides is 1. The number of hydrogen-bond donors (Lipinski definition) is 2. The van der Waals surface area contributed by atoms with E-state index in [1.807, 2.05) is 38.1 Å². The molecule has 2 aromatic rings. The Hall–Kier alpha value is -1.92. The minimum Gasteiger partial charge on any atom is -0.354 e. The van der Waals surface area contributed by atoms with Gasteiger partial charge in [-0.25, -0.2) is 8.42 Å². The Bertz CT molecular complexity index is 800. The second kappa shape index (κ2) is 7.10. The van der Waals surface area contributed by atoms with Gasteiger partial charge in [-0.05, 0) is 35.7 Å². The molecule has 124 valence electrons. The van der Waals surface area contributed by atoms with Crippen LogP contribution in [0.25, 0.3) is 10.8 Å². The third kappa shape index (κ3) is 4.53. The van der Waals surface area contributed by atoms with Gasteiger partial charge in [0.2, 0.25) is 15.9 Å². The van der Waals surface area contributed by atoms with Crippen molar-refractivity contribution >= 4 is 26.7 Å².